The molecule has 0 heterocycles. The smallest absolute Gasteiger partial charge is 0.261 e. The van der Waals surface area contributed by atoms with Crippen molar-refractivity contribution in [3.63, 3.8) is 0 Å². The van der Waals surface area contributed by atoms with E-state index in [-0.39, 0.29) is 12.5 Å². The van der Waals surface area contributed by atoms with Crippen LogP contribution >= 0.6 is 0 Å². The van der Waals surface area contributed by atoms with Gasteiger partial charge in [0.1, 0.15) is 11.5 Å². The van der Waals surface area contributed by atoms with Gasteiger partial charge in [-0.05, 0) is 54.2 Å². The Morgan fingerprint density at radius 2 is 1.85 bits per heavy atom. The zero-order valence-electron chi connectivity index (χ0n) is 15.8. The van der Waals surface area contributed by atoms with Crippen molar-refractivity contribution < 1.29 is 14.3 Å². The molecular weight excluding hydrogens is 326 g/mol. The van der Waals surface area contributed by atoms with Gasteiger partial charge in [0.25, 0.3) is 5.91 Å². The van der Waals surface area contributed by atoms with Gasteiger partial charge in [-0.25, -0.2) is 0 Å². The first-order chi connectivity index (χ1) is 12.6. The molecule has 0 atom stereocenters. The molecule has 2 aromatic rings. The standard InChI is InChI=1S/C22H27NO3/c1-16(2)18-5-4-6-21(13-18)26-15-22(24)23(19-9-10-19)14-17-7-11-20(25-3)12-8-17/h4-8,11-13,16,19H,9-10,14-15H2,1-3H3. The number of hydrogen-bond acceptors (Lipinski definition) is 3. The number of ether oxygens (including phenoxy) is 2. The van der Waals surface area contributed by atoms with Crippen LogP contribution in [0.25, 0.3) is 0 Å². The van der Waals surface area contributed by atoms with Gasteiger partial charge in [-0.2, -0.15) is 0 Å². The summed E-state index contributed by atoms with van der Waals surface area (Å²) in [4.78, 5) is 14.7. The second-order valence-corrected chi connectivity index (χ2v) is 7.12. The van der Waals surface area contributed by atoms with Crippen LogP contribution in [0.4, 0.5) is 0 Å². The molecule has 0 spiro atoms. The van der Waals surface area contributed by atoms with E-state index < -0.39 is 0 Å². The third-order valence-electron chi connectivity index (χ3n) is 4.71. The van der Waals surface area contributed by atoms with E-state index in [2.05, 4.69) is 19.9 Å². The highest BCUT2D eigenvalue weighted by atomic mass is 16.5. The maximum Gasteiger partial charge on any atom is 0.261 e. The number of rotatable bonds is 8. The monoisotopic (exact) mass is 353 g/mol. The predicted molar refractivity (Wildman–Crippen MR) is 103 cm³/mol. The van der Waals surface area contributed by atoms with Gasteiger partial charge in [0.05, 0.1) is 7.11 Å². The molecule has 1 aliphatic carbocycles. The van der Waals surface area contributed by atoms with E-state index in [0.717, 1.165) is 29.9 Å². The molecule has 4 heteroatoms. The molecule has 0 saturated heterocycles. The fourth-order valence-corrected chi connectivity index (χ4v) is 2.93. The first kappa shape index (κ1) is 18.3. The summed E-state index contributed by atoms with van der Waals surface area (Å²) in [6, 6.07) is 16.2. The van der Waals surface area contributed by atoms with Gasteiger partial charge in [0.2, 0.25) is 0 Å². The van der Waals surface area contributed by atoms with Crippen LogP contribution in [-0.2, 0) is 11.3 Å². The number of methoxy groups -OCH3 is 1. The Kier molecular flexibility index (Phi) is 5.82. The molecule has 0 bridgehead atoms. The van der Waals surface area contributed by atoms with Crippen LogP contribution in [0.15, 0.2) is 48.5 Å². The molecule has 0 N–H and O–H groups in total. The summed E-state index contributed by atoms with van der Waals surface area (Å²) in [6.45, 7) is 4.99. The lowest BCUT2D eigenvalue weighted by atomic mass is 10.0. The van der Waals surface area contributed by atoms with Crippen LogP contribution in [0.2, 0.25) is 0 Å². The Bertz CT molecular complexity index is 735. The molecule has 26 heavy (non-hydrogen) atoms. The molecule has 1 fully saturated rings. The highest BCUT2D eigenvalue weighted by Crippen LogP contribution is 2.29. The van der Waals surface area contributed by atoms with Gasteiger partial charge in [0, 0.05) is 12.6 Å². The van der Waals surface area contributed by atoms with E-state index in [1.54, 1.807) is 7.11 Å². The zero-order chi connectivity index (χ0) is 18.5. The van der Waals surface area contributed by atoms with E-state index in [1.165, 1.54) is 5.56 Å². The SMILES string of the molecule is COc1ccc(CN(C(=O)COc2cccc(C(C)C)c2)C2CC2)cc1. The lowest BCUT2D eigenvalue weighted by Gasteiger charge is -2.23. The van der Waals surface area contributed by atoms with Gasteiger partial charge in [0.15, 0.2) is 6.61 Å². The molecule has 4 nitrogen and oxygen atoms in total. The van der Waals surface area contributed by atoms with Gasteiger partial charge in [-0.15, -0.1) is 0 Å². The number of amides is 1. The Morgan fingerprint density at radius 1 is 1.12 bits per heavy atom. The molecule has 0 aromatic heterocycles. The molecule has 1 aliphatic rings. The highest BCUT2D eigenvalue weighted by molar-refractivity contribution is 5.78. The van der Waals surface area contributed by atoms with Gasteiger partial charge in [-0.1, -0.05) is 38.1 Å². The number of carbonyl (C=O) groups is 1. The molecule has 138 valence electrons. The van der Waals surface area contributed by atoms with Crippen molar-refractivity contribution in [1.82, 2.24) is 4.90 Å². The number of hydrogen-bond donors (Lipinski definition) is 0. The fourth-order valence-electron chi connectivity index (χ4n) is 2.93. The van der Waals surface area contributed by atoms with Crippen molar-refractivity contribution in [3.05, 3.63) is 59.7 Å². The summed E-state index contributed by atoms with van der Waals surface area (Å²) in [5.41, 5.74) is 2.32. The summed E-state index contributed by atoms with van der Waals surface area (Å²) < 4.78 is 11.0. The largest absolute Gasteiger partial charge is 0.497 e. The van der Waals surface area contributed by atoms with Crippen molar-refractivity contribution >= 4 is 5.91 Å². The molecule has 1 saturated carbocycles. The van der Waals surface area contributed by atoms with Crippen molar-refractivity contribution in [3.8, 4) is 11.5 Å². The van der Waals surface area contributed by atoms with Crippen LogP contribution < -0.4 is 9.47 Å². The lowest BCUT2D eigenvalue weighted by molar-refractivity contribution is -0.134. The van der Waals surface area contributed by atoms with Crippen LogP contribution in [0.5, 0.6) is 11.5 Å². The maximum absolute atomic E-state index is 12.7. The maximum atomic E-state index is 12.7. The van der Waals surface area contributed by atoms with Crippen molar-refractivity contribution in [2.45, 2.75) is 45.2 Å². The first-order valence-corrected chi connectivity index (χ1v) is 9.22. The minimum Gasteiger partial charge on any atom is -0.497 e. The fraction of sp³-hybridized carbons (Fsp3) is 0.409. The van der Waals surface area contributed by atoms with Crippen LogP contribution in [0.3, 0.4) is 0 Å². The minimum atomic E-state index is 0.0401. The third-order valence-corrected chi connectivity index (χ3v) is 4.71. The highest BCUT2D eigenvalue weighted by Gasteiger charge is 2.32. The summed E-state index contributed by atoms with van der Waals surface area (Å²) in [6.07, 6.45) is 2.15. The lowest BCUT2D eigenvalue weighted by Crippen LogP contribution is -2.36. The minimum absolute atomic E-state index is 0.0401. The van der Waals surface area contributed by atoms with Crippen molar-refractivity contribution in [2.24, 2.45) is 0 Å². The first-order valence-electron chi connectivity index (χ1n) is 9.22. The van der Waals surface area contributed by atoms with Gasteiger partial charge < -0.3 is 14.4 Å². The van der Waals surface area contributed by atoms with E-state index in [1.807, 2.05) is 47.4 Å². The topological polar surface area (TPSA) is 38.8 Å². The average molecular weight is 353 g/mol. The van der Waals surface area contributed by atoms with Crippen molar-refractivity contribution in [2.75, 3.05) is 13.7 Å². The third kappa shape index (κ3) is 4.78. The summed E-state index contributed by atoms with van der Waals surface area (Å²) in [5, 5.41) is 0. The normalized spacial score (nSPS) is 13.5. The molecule has 0 aliphatic heterocycles. The summed E-state index contributed by atoms with van der Waals surface area (Å²) in [7, 11) is 1.65. The number of benzene rings is 2. The summed E-state index contributed by atoms with van der Waals surface area (Å²) >= 11 is 0. The number of carbonyl (C=O) groups excluding carboxylic acids is 1. The van der Waals surface area contributed by atoms with E-state index in [9.17, 15) is 4.79 Å². The van der Waals surface area contributed by atoms with Gasteiger partial charge >= 0.3 is 0 Å². The van der Waals surface area contributed by atoms with Crippen LogP contribution in [0, 0.1) is 0 Å². The van der Waals surface area contributed by atoms with E-state index in [4.69, 9.17) is 9.47 Å². The van der Waals surface area contributed by atoms with E-state index in [0.29, 0.717) is 18.5 Å². The Balaban J connectivity index is 1.61. The summed E-state index contributed by atoms with van der Waals surface area (Å²) in [5.74, 6) is 2.06. The van der Waals surface area contributed by atoms with Gasteiger partial charge in [-0.3, -0.25) is 4.79 Å². The zero-order valence-corrected chi connectivity index (χ0v) is 15.8. The molecular formula is C22H27NO3. The molecule has 0 unspecified atom stereocenters. The number of nitrogens with zero attached hydrogens (tertiary/aromatic N) is 1. The molecule has 2 aromatic carbocycles. The second kappa shape index (κ2) is 8.26. The Labute approximate surface area is 155 Å². The Morgan fingerprint density at radius 3 is 2.46 bits per heavy atom. The Hall–Kier alpha value is -2.49. The molecule has 0 radical (unpaired) electrons. The van der Waals surface area contributed by atoms with Crippen LogP contribution in [0.1, 0.15) is 43.7 Å². The van der Waals surface area contributed by atoms with E-state index >= 15 is 0 Å². The predicted octanol–water partition coefficient (Wildman–Crippen LogP) is 4.39. The van der Waals surface area contributed by atoms with Crippen molar-refractivity contribution in [1.29, 1.82) is 0 Å². The molecule has 1 amide bonds. The average Bonchev–Trinajstić information content (AvgIpc) is 3.50. The quantitative estimate of drug-likeness (QED) is 0.706. The molecule has 3 rings (SSSR count). The second-order valence-electron chi connectivity index (χ2n) is 7.12. The van der Waals surface area contributed by atoms with Crippen LogP contribution in [-0.4, -0.2) is 30.6 Å².